The zero-order valence-corrected chi connectivity index (χ0v) is 37.5. The van der Waals surface area contributed by atoms with Crippen LogP contribution in [0.5, 0.6) is 5.75 Å². The van der Waals surface area contributed by atoms with Gasteiger partial charge in [-0.3, -0.25) is 19.5 Å². The summed E-state index contributed by atoms with van der Waals surface area (Å²) in [6.45, 7) is 10.1. The van der Waals surface area contributed by atoms with Crippen molar-refractivity contribution in [3.63, 3.8) is 0 Å². The number of nitrogens with one attached hydrogen (secondary N) is 2. The van der Waals surface area contributed by atoms with Crippen LogP contribution < -0.4 is 20.3 Å². The van der Waals surface area contributed by atoms with Crippen molar-refractivity contribution < 1.29 is 38.4 Å². The third-order valence-corrected chi connectivity index (χ3v) is 14.0. The summed E-state index contributed by atoms with van der Waals surface area (Å²) in [5, 5.41) is 49.9. The molecule has 2 saturated carbocycles. The molecule has 1 aromatic carbocycles. The van der Waals surface area contributed by atoms with Gasteiger partial charge in [0, 0.05) is 58.0 Å². The molecular formula is C46H63F2N11O6. The molecule has 2 aliphatic carbocycles. The Bertz CT molecular complexity index is 2410. The summed E-state index contributed by atoms with van der Waals surface area (Å²) in [5.41, 5.74) is 1.47. The van der Waals surface area contributed by atoms with E-state index in [-0.39, 0.29) is 53.4 Å². The van der Waals surface area contributed by atoms with Gasteiger partial charge in [-0.1, -0.05) is 13.0 Å². The standard InChI is InChI=1S/C46H63F2N11O6/c1-4-17-56(21-22-60)38-16-20-57-43(51-38)33(25-49-57)44(62)50-34-27-58(54-41(34)42(47)48)30-10-8-29(9-11-30)26-55-18-14-31(15-19-55)65-46(3)23-32(24-46)64-37-7-5-6-35-40(37)28(2)53-59(35)36-12-13-39(61)52-45(36)63/h5-7,16,20,25,27,29-32,36,39,42,45,52,60-61,63H,4,8-15,17-19,21-24,26H2,1-3H3,(H,50,62)/t29?,30?,32?,36-,39-,45-,46?/m1/s1. The zero-order valence-electron chi connectivity index (χ0n) is 37.5. The van der Waals surface area contributed by atoms with Crippen molar-refractivity contribution in [1.29, 1.82) is 0 Å². The second-order valence-electron chi connectivity index (χ2n) is 18.8. The summed E-state index contributed by atoms with van der Waals surface area (Å²) in [7, 11) is 0. The second kappa shape index (κ2) is 19.2. The molecule has 4 fully saturated rings. The van der Waals surface area contributed by atoms with Crippen LogP contribution in [0.2, 0.25) is 0 Å². The number of fused-ring (bicyclic) bond motifs is 2. The number of piperidine rings is 2. The highest BCUT2D eigenvalue weighted by molar-refractivity contribution is 6.08. The van der Waals surface area contributed by atoms with Gasteiger partial charge in [-0.05, 0) is 95.8 Å². The maximum absolute atomic E-state index is 14.3. The van der Waals surface area contributed by atoms with Gasteiger partial charge in [0.2, 0.25) is 0 Å². The van der Waals surface area contributed by atoms with Gasteiger partial charge in [-0.15, -0.1) is 0 Å². The molecule has 352 valence electrons. The normalized spacial score (nSPS) is 26.8. The van der Waals surface area contributed by atoms with E-state index in [2.05, 4.69) is 37.6 Å². The van der Waals surface area contributed by atoms with Gasteiger partial charge < -0.3 is 39.9 Å². The fourth-order valence-electron chi connectivity index (χ4n) is 10.6. The highest BCUT2D eigenvalue weighted by Gasteiger charge is 2.45. The molecule has 19 heteroatoms. The maximum atomic E-state index is 14.3. The predicted octanol–water partition coefficient (Wildman–Crippen LogP) is 5.76. The molecule has 0 spiro atoms. The van der Waals surface area contributed by atoms with Gasteiger partial charge >= 0.3 is 0 Å². The Hall–Kier alpha value is -4.79. The van der Waals surface area contributed by atoms with E-state index in [9.17, 15) is 28.9 Å². The summed E-state index contributed by atoms with van der Waals surface area (Å²) in [4.78, 5) is 22.6. The number of aryl methyl sites for hydroxylation is 1. The van der Waals surface area contributed by atoms with Gasteiger partial charge in [0.05, 0.1) is 58.9 Å². The van der Waals surface area contributed by atoms with Crippen molar-refractivity contribution in [2.24, 2.45) is 5.92 Å². The van der Waals surface area contributed by atoms with Gasteiger partial charge in [-0.2, -0.15) is 15.3 Å². The number of carbonyl (C=O) groups is 1. The first-order chi connectivity index (χ1) is 31.4. The summed E-state index contributed by atoms with van der Waals surface area (Å²) < 4.78 is 46.9. The minimum atomic E-state index is -2.87. The maximum Gasteiger partial charge on any atom is 0.284 e. The number of ether oxygens (including phenoxy) is 2. The number of hydrogen-bond acceptors (Lipinski definition) is 13. The lowest BCUT2D eigenvalue weighted by Crippen LogP contribution is -2.52. The van der Waals surface area contributed by atoms with Crippen LogP contribution in [-0.2, 0) is 4.74 Å². The number of nitrogens with zero attached hydrogens (tertiary/aromatic N) is 9. The topological polar surface area (TPSA) is 193 Å². The van der Waals surface area contributed by atoms with Crippen molar-refractivity contribution >= 4 is 34.0 Å². The molecular weight excluding hydrogens is 841 g/mol. The molecule has 1 amide bonds. The molecule has 0 unspecified atom stereocenters. The zero-order chi connectivity index (χ0) is 45.4. The molecule has 9 rings (SSSR count). The van der Waals surface area contributed by atoms with Gasteiger partial charge in [-0.25, -0.2) is 18.3 Å². The minimum Gasteiger partial charge on any atom is -0.489 e. The largest absolute Gasteiger partial charge is 0.489 e. The summed E-state index contributed by atoms with van der Waals surface area (Å²) in [6.07, 6.45) is 9.44. The lowest BCUT2D eigenvalue weighted by atomic mass is 9.78. The van der Waals surface area contributed by atoms with E-state index in [0.717, 1.165) is 99.8 Å². The first-order valence-corrected chi connectivity index (χ1v) is 23.4. The Morgan fingerprint density at radius 1 is 1.03 bits per heavy atom. The van der Waals surface area contributed by atoms with Crippen LogP contribution in [0.1, 0.15) is 125 Å². The smallest absolute Gasteiger partial charge is 0.284 e. The molecule has 2 aliphatic heterocycles. The lowest BCUT2D eigenvalue weighted by molar-refractivity contribution is -0.175. The molecule has 6 heterocycles. The number of halogens is 2. The number of rotatable bonds is 16. The quantitative estimate of drug-likeness (QED) is 0.0805. The number of benzene rings is 1. The number of amides is 1. The van der Waals surface area contributed by atoms with E-state index >= 15 is 0 Å². The fraction of sp³-hybridized carbons (Fsp3) is 0.630. The third kappa shape index (κ3) is 9.72. The van der Waals surface area contributed by atoms with Gasteiger partial charge in [0.25, 0.3) is 12.3 Å². The summed E-state index contributed by atoms with van der Waals surface area (Å²) >= 11 is 0. The van der Waals surface area contributed by atoms with Gasteiger partial charge in [0.1, 0.15) is 35.7 Å². The minimum absolute atomic E-state index is 0.0198. The molecule has 4 aromatic heterocycles. The van der Waals surface area contributed by atoms with Crippen molar-refractivity contribution in [2.75, 3.05) is 49.5 Å². The number of likely N-dealkylation sites (tertiary alicyclic amines) is 1. The monoisotopic (exact) mass is 903 g/mol. The number of aliphatic hydroxyl groups is 3. The third-order valence-electron chi connectivity index (χ3n) is 14.0. The number of carbonyl (C=O) groups excluding carboxylic acids is 1. The van der Waals surface area contributed by atoms with Crippen LogP contribution in [-0.4, -0.2) is 130 Å². The van der Waals surface area contributed by atoms with E-state index in [1.807, 2.05) is 41.6 Å². The number of anilines is 2. The van der Waals surface area contributed by atoms with Crippen LogP contribution in [0.3, 0.4) is 0 Å². The first kappa shape index (κ1) is 45.4. The number of aliphatic hydroxyl groups excluding tert-OH is 3. The van der Waals surface area contributed by atoms with Gasteiger partial charge in [0.15, 0.2) is 11.3 Å². The van der Waals surface area contributed by atoms with Crippen LogP contribution >= 0.6 is 0 Å². The van der Waals surface area contributed by atoms with E-state index < -0.39 is 30.5 Å². The number of hydrogen-bond donors (Lipinski definition) is 5. The number of alkyl halides is 2. The molecule has 65 heavy (non-hydrogen) atoms. The lowest BCUT2D eigenvalue weighted by Gasteiger charge is -2.47. The highest BCUT2D eigenvalue weighted by Crippen LogP contribution is 2.43. The molecule has 2 saturated heterocycles. The molecule has 0 bridgehead atoms. The van der Waals surface area contributed by atoms with Crippen LogP contribution in [0.15, 0.2) is 42.9 Å². The average molecular weight is 904 g/mol. The van der Waals surface area contributed by atoms with Crippen LogP contribution in [0.4, 0.5) is 20.3 Å². The average Bonchev–Trinajstić information content (AvgIpc) is 4.00. The Morgan fingerprint density at radius 3 is 2.54 bits per heavy atom. The van der Waals surface area contributed by atoms with E-state index in [1.165, 1.54) is 16.9 Å². The molecule has 5 aromatic rings. The Balaban J connectivity index is 0.732. The van der Waals surface area contributed by atoms with Crippen LogP contribution in [0, 0.1) is 12.8 Å². The van der Waals surface area contributed by atoms with E-state index in [1.54, 1.807) is 16.9 Å². The Labute approximate surface area is 377 Å². The van der Waals surface area contributed by atoms with E-state index in [0.29, 0.717) is 37.7 Å². The molecule has 17 nitrogen and oxygen atoms in total. The molecule has 5 N–H and O–H groups in total. The Morgan fingerprint density at radius 2 is 1.82 bits per heavy atom. The van der Waals surface area contributed by atoms with Crippen molar-refractivity contribution in [1.82, 2.24) is 44.4 Å². The number of aromatic nitrogens is 7. The second-order valence-corrected chi connectivity index (χ2v) is 18.8. The Kier molecular flexibility index (Phi) is 13.4. The predicted molar refractivity (Wildman–Crippen MR) is 239 cm³/mol. The van der Waals surface area contributed by atoms with Crippen LogP contribution in [0.25, 0.3) is 16.6 Å². The summed E-state index contributed by atoms with van der Waals surface area (Å²) in [5.74, 6) is 1.28. The summed E-state index contributed by atoms with van der Waals surface area (Å²) in [6, 6.07) is 7.40. The molecule has 0 radical (unpaired) electrons. The fourth-order valence-corrected chi connectivity index (χ4v) is 10.6. The highest BCUT2D eigenvalue weighted by atomic mass is 19.3. The first-order valence-electron chi connectivity index (χ1n) is 23.4. The molecule has 4 aliphatic rings. The molecule has 3 atom stereocenters. The van der Waals surface area contributed by atoms with E-state index in [4.69, 9.17) is 14.6 Å². The van der Waals surface area contributed by atoms with Crippen molar-refractivity contribution in [3.8, 4) is 5.75 Å². The van der Waals surface area contributed by atoms with Crippen molar-refractivity contribution in [3.05, 3.63) is 59.8 Å². The SMILES string of the molecule is CCCN(CCO)c1ccn2ncc(C(=O)Nc3cn(C4CCC(CN5CCC(OC6(C)CC(Oc7cccc8c7c(C)nn8[C@@H]7CC[C@@H](O)N[C@@H]7O)C6)CC5)CC4)nc3C(F)F)c2n1. The van der Waals surface area contributed by atoms with Crippen molar-refractivity contribution in [2.45, 2.75) is 140 Å².